The fourth-order valence-corrected chi connectivity index (χ4v) is 3.35. The summed E-state index contributed by atoms with van der Waals surface area (Å²) >= 11 is 0. The summed E-state index contributed by atoms with van der Waals surface area (Å²) < 4.78 is 12.2. The van der Waals surface area contributed by atoms with Crippen LogP contribution < -0.4 is 4.74 Å². The number of hydrogen-bond donors (Lipinski definition) is 1. The van der Waals surface area contributed by atoms with Gasteiger partial charge in [-0.15, -0.1) is 0 Å². The van der Waals surface area contributed by atoms with Gasteiger partial charge in [-0.25, -0.2) is 9.78 Å². The third-order valence-corrected chi connectivity index (χ3v) is 9.65. The lowest BCUT2D eigenvalue weighted by Gasteiger charge is -2.36. The number of carboxylic acid groups (broad SMARTS) is 1. The Balaban J connectivity index is 1.90. The standard InChI is InChI=1S/C18H30N2O4Si/c1-18(2,3)25(4,5)23-13-14-7-6-8-16(19-14)24-15-9-11-20(12-10-15)17(21)22/h6-8,15H,9-13H2,1-5H3,(H,21,22). The first-order valence-corrected chi connectivity index (χ1v) is 11.7. The van der Waals surface area contributed by atoms with Gasteiger partial charge < -0.3 is 19.2 Å². The number of ether oxygens (including phenoxy) is 1. The summed E-state index contributed by atoms with van der Waals surface area (Å²) in [5.74, 6) is 0.588. The Morgan fingerprint density at radius 3 is 2.52 bits per heavy atom. The van der Waals surface area contributed by atoms with E-state index in [1.165, 1.54) is 4.90 Å². The number of carbonyl (C=O) groups is 1. The maximum absolute atomic E-state index is 10.9. The van der Waals surface area contributed by atoms with E-state index in [0.717, 1.165) is 5.69 Å². The van der Waals surface area contributed by atoms with Crippen molar-refractivity contribution in [3.05, 3.63) is 23.9 Å². The van der Waals surface area contributed by atoms with E-state index >= 15 is 0 Å². The molecule has 0 saturated carbocycles. The van der Waals surface area contributed by atoms with E-state index in [0.29, 0.717) is 38.4 Å². The Bertz CT molecular complexity index is 593. The number of amides is 1. The van der Waals surface area contributed by atoms with Crippen LogP contribution in [-0.4, -0.2) is 48.6 Å². The van der Waals surface area contributed by atoms with E-state index in [4.69, 9.17) is 14.3 Å². The Kier molecular flexibility index (Phi) is 6.10. The highest BCUT2D eigenvalue weighted by molar-refractivity contribution is 6.74. The smallest absolute Gasteiger partial charge is 0.407 e. The Morgan fingerprint density at radius 1 is 1.32 bits per heavy atom. The van der Waals surface area contributed by atoms with Crippen LogP contribution in [0.1, 0.15) is 39.3 Å². The van der Waals surface area contributed by atoms with Gasteiger partial charge in [0, 0.05) is 32.0 Å². The number of piperidine rings is 1. The Morgan fingerprint density at radius 2 is 1.96 bits per heavy atom. The van der Waals surface area contributed by atoms with Crippen molar-refractivity contribution in [3.63, 3.8) is 0 Å². The summed E-state index contributed by atoms with van der Waals surface area (Å²) in [6, 6.07) is 5.73. The molecule has 1 N–H and O–H groups in total. The molecular weight excluding hydrogens is 336 g/mol. The molecule has 1 aliphatic rings. The zero-order chi connectivity index (χ0) is 18.7. The number of hydrogen-bond acceptors (Lipinski definition) is 4. The highest BCUT2D eigenvalue weighted by Crippen LogP contribution is 2.37. The molecule has 0 aliphatic carbocycles. The average molecular weight is 367 g/mol. The highest BCUT2D eigenvalue weighted by Gasteiger charge is 2.37. The van der Waals surface area contributed by atoms with E-state index in [2.05, 4.69) is 38.8 Å². The van der Waals surface area contributed by atoms with Crippen molar-refractivity contribution in [2.75, 3.05) is 13.1 Å². The lowest BCUT2D eigenvalue weighted by atomic mass is 10.1. The summed E-state index contributed by atoms with van der Waals surface area (Å²) in [7, 11) is -1.81. The summed E-state index contributed by atoms with van der Waals surface area (Å²) in [6.45, 7) is 12.6. The van der Waals surface area contributed by atoms with Gasteiger partial charge >= 0.3 is 6.09 Å². The molecule has 0 spiro atoms. The fraction of sp³-hybridized carbons (Fsp3) is 0.667. The van der Waals surface area contributed by atoms with Crippen LogP contribution in [0, 0.1) is 0 Å². The number of nitrogens with zero attached hydrogens (tertiary/aromatic N) is 2. The van der Waals surface area contributed by atoms with Crippen molar-refractivity contribution in [1.29, 1.82) is 0 Å². The van der Waals surface area contributed by atoms with Crippen LogP contribution in [0.4, 0.5) is 4.79 Å². The Labute approximate surface area is 151 Å². The zero-order valence-corrected chi connectivity index (χ0v) is 16.9. The summed E-state index contributed by atoms with van der Waals surface area (Å²) in [4.78, 5) is 16.9. The van der Waals surface area contributed by atoms with Gasteiger partial charge in [0.2, 0.25) is 5.88 Å². The molecule has 6 nitrogen and oxygen atoms in total. The quantitative estimate of drug-likeness (QED) is 0.794. The molecule has 25 heavy (non-hydrogen) atoms. The summed E-state index contributed by atoms with van der Waals surface area (Å²) in [5.41, 5.74) is 0.866. The number of rotatable bonds is 5. The molecule has 1 aromatic heterocycles. The second-order valence-electron chi connectivity index (χ2n) is 8.10. The largest absolute Gasteiger partial charge is 0.474 e. The van der Waals surface area contributed by atoms with Crippen LogP contribution in [0.15, 0.2) is 18.2 Å². The molecule has 1 saturated heterocycles. The van der Waals surface area contributed by atoms with Gasteiger partial charge in [0.15, 0.2) is 8.32 Å². The maximum Gasteiger partial charge on any atom is 0.407 e. The minimum atomic E-state index is -1.81. The van der Waals surface area contributed by atoms with Gasteiger partial charge in [-0.3, -0.25) is 0 Å². The molecule has 0 radical (unpaired) electrons. The maximum atomic E-state index is 10.9. The Hall–Kier alpha value is -1.60. The van der Waals surface area contributed by atoms with E-state index in [-0.39, 0.29) is 11.1 Å². The van der Waals surface area contributed by atoms with Crippen molar-refractivity contribution < 1.29 is 19.1 Å². The molecule has 140 valence electrons. The van der Waals surface area contributed by atoms with Crippen LogP contribution in [0.2, 0.25) is 18.1 Å². The molecule has 0 atom stereocenters. The second-order valence-corrected chi connectivity index (χ2v) is 12.9. The number of pyridine rings is 1. The summed E-state index contributed by atoms with van der Waals surface area (Å²) in [5, 5.41) is 9.16. The van der Waals surface area contributed by atoms with Crippen molar-refractivity contribution in [3.8, 4) is 5.88 Å². The first kappa shape index (κ1) is 19.7. The van der Waals surface area contributed by atoms with E-state index in [1.807, 2.05) is 18.2 Å². The first-order chi connectivity index (χ1) is 11.6. The van der Waals surface area contributed by atoms with Crippen molar-refractivity contribution in [2.24, 2.45) is 0 Å². The van der Waals surface area contributed by atoms with Gasteiger partial charge in [0.05, 0.1) is 12.3 Å². The van der Waals surface area contributed by atoms with Gasteiger partial charge in [-0.2, -0.15) is 0 Å². The first-order valence-electron chi connectivity index (χ1n) is 8.83. The highest BCUT2D eigenvalue weighted by atomic mass is 28.4. The normalized spacial score (nSPS) is 16.8. The van der Waals surface area contributed by atoms with Gasteiger partial charge in [-0.05, 0) is 24.2 Å². The number of aromatic nitrogens is 1. The minimum Gasteiger partial charge on any atom is -0.474 e. The SMILES string of the molecule is CC(C)(C)[Si](C)(C)OCc1cccc(OC2CCN(C(=O)O)CC2)n1. The van der Waals surface area contributed by atoms with Crippen LogP contribution in [0.5, 0.6) is 5.88 Å². The topological polar surface area (TPSA) is 71.9 Å². The third kappa shape index (κ3) is 5.44. The zero-order valence-electron chi connectivity index (χ0n) is 15.9. The molecule has 2 heterocycles. The lowest BCUT2D eigenvalue weighted by Crippen LogP contribution is -2.41. The van der Waals surface area contributed by atoms with Gasteiger partial charge in [-0.1, -0.05) is 26.8 Å². The van der Waals surface area contributed by atoms with Crippen molar-refractivity contribution in [1.82, 2.24) is 9.88 Å². The van der Waals surface area contributed by atoms with Gasteiger partial charge in [0.1, 0.15) is 6.10 Å². The molecule has 0 aromatic carbocycles. The number of likely N-dealkylation sites (tertiary alicyclic amines) is 1. The van der Waals surface area contributed by atoms with Gasteiger partial charge in [0.25, 0.3) is 0 Å². The predicted octanol–water partition coefficient (Wildman–Crippen LogP) is 4.12. The molecule has 0 unspecified atom stereocenters. The lowest BCUT2D eigenvalue weighted by molar-refractivity contribution is 0.0868. The molecule has 2 rings (SSSR count). The molecule has 7 heteroatoms. The van der Waals surface area contributed by atoms with Crippen molar-refractivity contribution in [2.45, 2.75) is 64.5 Å². The molecule has 1 aliphatic heterocycles. The van der Waals surface area contributed by atoms with Crippen LogP contribution in [0.25, 0.3) is 0 Å². The van der Waals surface area contributed by atoms with E-state index in [1.54, 1.807) is 0 Å². The summed E-state index contributed by atoms with van der Waals surface area (Å²) in [6.07, 6.45) is 0.540. The second kappa shape index (κ2) is 7.74. The monoisotopic (exact) mass is 366 g/mol. The molecule has 1 amide bonds. The fourth-order valence-electron chi connectivity index (χ4n) is 2.41. The predicted molar refractivity (Wildman–Crippen MR) is 99.5 cm³/mol. The molecule has 1 aromatic rings. The van der Waals surface area contributed by atoms with Crippen LogP contribution in [0.3, 0.4) is 0 Å². The molecule has 1 fully saturated rings. The van der Waals surface area contributed by atoms with Crippen LogP contribution >= 0.6 is 0 Å². The third-order valence-electron chi connectivity index (χ3n) is 5.17. The molecule has 0 bridgehead atoms. The van der Waals surface area contributed by atoms with E-state index in [9.17, 15) is 4.79 Å². The van der Waals surface area contributed by atoms with Crippen molar-refractivity contribution >= 4 is 14.4 Å². The minimum absolute atomic E-state index is 0.0136. The average Bonchev–Trinajstić information content (AvgIpc) is 2.53. The van der Waals surface area contributed by atoms with Crippen LogP contribution in [-0.2, 0) is 11.0 Å². The van der Waals surface area contributed by atoms with E-state index < -0.39 is 14.4 Å². The molecular formula is C18H30N2O4Si.